The van der Waals surface area contributed by atoms with Gasteiger partial charge in [-0.3, -0.25) is 4.79 Å². The number of amides is 1. The fourth-order valence-electron chi connectivity index (χ4n) is 2.88. The summed E-state index contributed by atoms with van der Waals surface area (Å²) in [7, 11) is 0. The Kier molecular flexibility index (Phi) is 4.59. The Hall–Kier alpha value is -1.35. The second-order valence-electron chi connectivity index (χ2n) is 5.89. The van der Waals surface area contributed by atoms with Crippen LogP contribution in [-0.2, 0) is 11.2 Å². The molecule has 1 heterocycles. The van der Waals surface area contributed by atoms with Crippen LogP contribution in [0.1, 0.15) is 30.9 Å². The summed E-state index contributed by atoms with van der Waals surface area (Å²) in [6.07, 6.45) is 2.44. The Bertz CT molecular complexity index is 434. The smallest absolute Gasteiger partial charge is 0.222 e. The Balaban J connectivity index is 1.87. The number of piperidine rings is 1. The van der Waals surface area contributed by atoms with Crippen molar-refractivity contribution in [3.05, 3.63) is 35.4 Å². The summed E-state index contributed by atoms with van der Waals surface area (Å²) in [4.78, 5) is 14.2. The molecular weight excluding hydrogens is 236 g/mol. The van der Waals surface area contributed by atoms with Gasteiger partial charge in [0.05, 0.1) is 0 Å². The monoisotopic (exact) mass is 260 g/mol. The van der Waals surface area contributed by atoms with Crippen molar-refractivity contribution in [2.45, 2.75) is 39.2 Å². The third kappa shape index (κ3) is 4.06. The zero-order valence-electron chi connectivity index (χ0n) is 11.9. The summed E-state index contributed by atoms with van der Waals surface area (Å²) in [6, 6.07) is 8.51. The maximum Gasteiger partial charge on any atom is 0.222 e. The molecule has 3 nitrogen and oxygen atoms in total. The summed E-state index contributed by atoms with van der Waals surface area (Å²) < 4.78 is 0. The number of likely N-dealkylation sites (tertiary alicyclic amines) is 1. The minimum atomic E-state index is 0.145. The largest absolute Gasteiger partial charge is 0.341 e. The standard InChI is InChI=1S/C16H24N2O/c1-12-4-3-5-14(8-12)6-7-16(19)18-10-13(2)9-15(17)11-18/h3-5,8,13,15H,6-7,9-11,17H2,1-2H3. The number of hydrogen-bond donors (Lipinski definition) is 1. The van der Waals surface area contributed by atoms with Crippen molar-refractivity contribution >= 4 is 5.91 Å². The zero-order chi connectivity index (χ0) is 13.8. The molecule has 1 aliphatic heterocycles. The molecule has 0 aromatic heterocycles. The highest BCUT2D eigenvalue weighted by molar-refractivity contribution is 5.76. The minimum absolute atomic E-state index is 0.145. The molecule has 0 bridgehead atoms. The number of benzene rings is 1. The van der Waals surface area contributed by atoms with Crippen LogP contribution in [0, 0.1) is 12.8 Å². The molecule has 19 heavy (non-hydrogen) atoms. The average Bonchev–Trinajstić information content (AvgIpc) is 2.35. The fourth-order valence-corrected chi connectivity index (χ4v) is 2.88. The van der Waals surface area contributed by atoms with E-state index in [2.05, 4.69) is 32.0 Å². The van der Waals surface area contributed by atoms with E-state index in [4.69, 9.17) is 5.73 Å². The van der Waals surface area contributed by atoms with Crippen LogP contribution in [0.15, 0.2) is 24.3 Å². The van der Waals surface area contributed by atoms with Gasteiger partial charge in [0.1, 0.15) is 0 Å². The fraction of sp³-hybridized carbons (Fsp3) is 0.562. The number of nitrogens with zero attached hydrogens (tertiary/aromatic N) is 1. The lowest BCUT2D eigenvalue weighted by Crippen LogP contribution is -2.48. The normalized spacial score (nSPS) is 23.4. The summed E-state index contributed by atoms with van der Waals surface area (Å²) in [5.41, 5.74) is 8.47. The van der Waals surface area contributed by atoms with Gasteiger partial charge in [-0.1, -0.05) is 36.8 Å². The number of hydrogen-bond acceptors (Lipinski definition) is 2. The SMILES string of the molecule is Cc1cccc(CCC(=O)N2CC(C)CC(N)C2)c1. The lowest BCUT2D eigenvalue weighted by Gasteiger charge is -2.34. The molecule has 1 aromatic rings. The van der Waals surface area contributed by atoms with Gasteiger partial charge in [-0.2, -0.15) is 0 Å². The first kappa shape index (κ1) is 14.1. The molecule has 1 aromatic carbocycles. The van der Waals surface area contributed by atoms with Gasteiger partial charge in [0, 0.05) is 25.6 Å². The topological polar surface area (TPSA) is 46.3 Å². The molecule has 0 spiro atoms. The lowest BCUT2D eigenvalue weighted by atomic mass is 9.96. The van der Waals surface area contributed by atoms with Crippen LogP contribution in [0.25, 0.3) is 0 Å². The van der Waals surface area contributed by atoms with Crippen LogP contribution < -0.4 is 5.73 Å². The Morgan fingerprint density at radius 2 is 2.21 bits per heavy atom. The van der Waals surface area contributed by atoms with Gasteiger partial charge in [0.2, 0.25) is 5.91 Å². The van der Waals surface area contributed by atoms with E-state index >= 15 is 0 Å². The van der Waals surface area contributed by atoms with Gasteiger partial charge in [-0.25, -0.2) is 0 Å². The second-order valence-corrected chi connectivity index (χ2v) is 5.89. The Morgan fingerprint density at radius 1 is 1.42 bits per heavy atom. The van der Waals surface area contributed by atoms with Crippen molar-refractivity contribution in [3.8, 4) is 0 Å². The maximum absolute atomic E-state index is 12.2. The molecule has 104 valence electrons. The molecule has 3 heteroatoms. The molecule has 0 aliphatic carbocycles. The number of aryl methyl sites for hydroxylation is 2. The molecule has 1 aliphatic rings. The van der Waals surface area contributed by atoms with Gasteiger partial charge < -0.3 is 10.6 Å². The van der Waals surface area contributed by atoms with E-state index in [1.807, 2.05) is 11.0 Å². The predicted octanol–water partition coefficient (Wildman–Crippen LogP) is 2.12. The summed E-state index contributed by atoms with van der Waals surface area (Å²) in [5.74, 6) is 0.759. The van der Waals surface area contributed by atoms with E-state index in [1.54, 1.807) is 0 Å². The zero-order valence-corrected chi connectivity index (χ0v) is 11.9. The van der Waals surface area contributed by atoms with Gasteiger partial charge in [-0.15, -0.1) is 0 Å². The molecule has 1 fully saturated rings. The van der Waals surface area contributed by atoms with E-state index in [1.165, 1.54) is 11.1 Å². The van der Waals surface area contributed by atoms with E-state index in [0.29, 0.717) is 12.3 Å². The lowest BCUT2D eigenvalue weighted by molar-refractivity contribution is -0.133. The predicted molar refractivity (Wildman–Crippen MR) is 77.8 cm³/mol. The van der Waals surface area contributed by atoms with Gasteiger partial charge in [0.15, 0.2) is 0 Å². The van der Waals surface area contributed by atoms with E-state index in [0.717, 1.165) is 25.9 Å². The van der Waals surface area contributed by atoms with Crippen molar-refractivity contribution in [2.24, 2.45) is 11.7 Å². The molecular formula is C16H24N2O. The van der Waals surface area contributed by atoms with Gasteiger partial charge in [-0.05, 0) is 31.2 Å². The van der Waals surface area contributed by atoms with Crippen molar-refractivity contribution in [1.29, 1.82) is 0 Å². The van der Waals surface area contributed by atoms with E-state index in [-0.39, 0.29) is 11.9 Å². The number of nitrogens with two attached hydrogens (primary N) is 1. The van der Waals surface area contributed by atoms with Crippen molar-refractivity contribution < 1.29 is 4.79 Å². The first-order chi connectivity index (χ1) is 9.04. The highest BCUT2D eigenvalue weighted by Gasteiger charge is 2.25. The summed E-state index contributed by atoms with van der Waals surface area (Å²) >= 11 is 0. The molecule has 2 rings (SSSR count). The average molecular weight is 260 g/mol. The number of carbonyl (C=O) groups excluding carboxylic acids is 1. The Labute approximate surface area is 115 Å². The Morgan fingerprint density at radius 3 is 2.89 bits per heavy atom. The third-order valence-electron chi connectivity index (χ3n) is 3.75. The summed E-state index contributed by atoms with van der Waals surface area (Å²) in [6.45, 7) is 5.83. The van der Waals surface area contributed by atoms with Gasteiger partial charge in [0.25, 0.3) is 0 Å². The number of carbonyl (C=O) groups is 1. The first-order valence-electron chi connectivity index (χ1n) is 7.13. The molecule has 1 saturated heterocycles. The first-order valence-corrected chi connectivity index (χ1v) is 7.13. The van der Waals surface area contributed by atoms with Crippen LogP contribution in [0.4, 0.5) is 0 Å². The van der Waals surface area contributed by atoms with Crippen molar-refractivity contribution in [3.63, 3.8) is 0 Å². The van der Waals surface area contributed by atoms with Crippen molar-refractivity contribution in [2.75, 3.05) is 13.1 Å². The van der Waals surface area contributed by atoms with Crippen LogP contribution >= 0.6 is 0 Å². The molecule has 2 atom stereocenters. The summed E-state index contributed by atoms with van der Waals surface area (Å²) in [5, 5.41) is 0. The van der Waals surface area contributed by atoms with E-state index in [9.17, 15) is 4.79 Å². The molecule has 0 radical (unpaired) electrons. The molecule has 1 amide bonds. The quantitative estimate of drug-likeness (QED) is 0.905. The highest BCUT2D eigenvalue weighted by Crippen LogP contribution is 2.16. The third-order valence-corrected chi connectivity index (χ3v) is 3.75. The molecule has 2 unspecified atom stereocenters. The van der Waals surface area contributed by atoms with Crippen LogP contribution in [-0.4, -0.2) is 29.9 Å². The van der Waals surface area contributed by atoms with Crippen molar-refractivity contribution in [1.82, 2.24) is 4.90 Å². The maximum atomic E-state index is 12.2. The van der Waals surface area contributed by atoms with Gasteiger partial charge >= 0.3 is 0 Å². The van der Waals surface area contributed by atoms with E-state index < -0.39 is 0 Å². The van der Waals surface area contributed by atoms with Crippen LogP contribution in [0.3, 0.4) is 0 Å². The molecule has 0 saturated carbocycles. The second kappa shape index (κ2) is 6.20. The van der Waals surface area contributed by atoms with Crippen LogP contribution in [0.2, 0.25) is 0 Å². The minimum Gasteiger partial charge on any atom is -0.341 e. The molecule has 2 N–H and O–H groups in total. The highest BCUT2D eigenvalue weighted by atomic mass is 16.2. The van der Waals surface area contributed by atoms with Crippen LogP contribution in [0.5, 0.6) is 0 Å². The number of rotatable bonds is 3.